The maximum atomic E-state index is 6.47. The highest BCUT2D eigenvalue weighted by molar-refractivity contribution is 7.22. The molecule has 0 amide bonds. The van der Waals surface area contributed by atoms with Crippen LogP contribution in [0.4, 0.5) is 22.5 Å². The minimum atomic E-state index is 0.564. The quantitative estimate of drug-likeness (QED) is 0.493. The third-order valence-electron chi connectivity index (χ3n) is 5.55. The SMILES string of the molecule is Cc1ccc2nc(Nc3ncnc(N4CCN(Cc5ccccc5)CC4)c3N)sc2c1. The number of hydrogen-bond donors (Lipinski definition) is 2. The summed E-state index contributed by atoms with van der Waals surface area (Å²) in [7, 11) is 0. The summed E-state index contributed by atoms with van der Waals surface area (Å²) in [5, 5.41) is 4.08. The number of fused-ring (bicyclic) bond motifs is 1. The number of hydrogen-bond acceptors (Lipinski definition) is 8. The minimum Gasteiger partial charge on any atom is -0.393 e. The van der Waals surface area contributed by atoms with Gasteiger partial charge in [-0.15, -0.1) is 0 Å². The number of aromatic nitrogens is 3. The van der Waals surface area contributed by atoms with Crippen molar-refractivity contribution in [3.63, 3.8) is 0 Å². The average molecular weight is 432 g/mol. The number of aryl methyl sites for hydroxylation is 1. The zero-order chi connectivity index (χ0) is 21.2. The highest BCUT2D eigenvalue weighted by Gasteiger charge is 2.21. The first-order chi connectivity index (χ1) is 15.2. The summed E-state index contributed by atoms with van der Waals surface area (Å²) in [6.07, 6.45) is 1.57. The van der Waals surface area contributed by atoms with Gasteiger partial charge < -0.3 is 16.0 Å². The molecule has 4 aromatic rings. The molecule has 3 heterocycles. The summed E-state index contributed by atoms with van der Waals surface area (Å²) in [6, 6.07) is 16.8. The summed E-state index contributed by atoms with van der Waals surface area (Å²) in [5.41, 5.74) is 10.6. The topological polar surface area (TPSA) is 83.2 Å². The van der Waals surface area contributed by atoms with Gasteiger partial charge in [0.25, 0.3) is 0 Å². The summed E-state index contributed by atoms with van der Waals surface area (Å²) < 4.78 is 1.14. The molecule has 1 saturated heterocycles. The van der Waals surface area contributed by atoms with Gasteiger partial charge in [-0.3, -0.25) is 4.90 Å². The molecule has 31 heavy (non-hydrogen) atoms. The van der Waals surface area contributed by atoms with Crippen molar-refractivity contribution in [3.05, 3.63) is 66.0 Å². The Morgan fingerprint density at radius 2 is 1.84 bits per heavy atom. The maximum Gasteiger partial charge on any atom is 0.189 e. The van der Waals surface area contributed by atoms with Crippen LogP contribution in [0.5, 0.6) is 0 Å². The molecule has 0 saturated carbocycles. The second kappa shape index (κ2) is 8.49. The number of nitrogens with zero attached hydrogens (tertiary/aromatic N) is 5. The number of nitrogen functional groups attached to an aromatic ring is 1. The van der Waals surface area contributed by atoms with E-state index in [4.69, 9.17) is 5.73 Å². The fourth-order valence-electron chi connectivity index (χ4n) is 3.88. The summed E-state index contributed by atoms with van der Waals surface area (Å²) in [6.45, 7) is 6.76. The van der Waals surface area contributed by atoms with Crippen molar-refractivity contribution in [1.82, 2.24) is 19.9 Å². The molecule has 0 aliphatic carbocycles. The van der Waals surface area contributed by atoms with Crippen LogP contribution < -0.4 is 16.0 Å². The Balaban J connectivity index is 1.28. The molecule has 1 aliphatic heterocycles. The first kappa shape index (κ1) is 19.7. The monoisotopic (exact) mass is 431 g/mol. The zero-order valence-electron chi connectivity index (χ0n) is 17.5. The summed E-state index contributed by atoms with van der Waals surface area (Å²) in [5.74, 6) is 1.39. The fraction of sp³-hybridized carbons (Fsp3) is 0.261. The lowest BCUT2D eigenvalue weighted by Crippen LogP contribution is -2.46. The molecule has 0 unspecified atom stereocenters. The summed E-state index contributed by atoms with van der Waals surface area (Å²) >= 11 is 1.60. The largest absolute Gasteiger partial charge is 0.393 e. The van der Waals surface area contributed by atoms with Crippen LogP contribution in [-0.2, 0) is 6.54 Å². The molecule has 1 aliphatic rings. The third-order valence-corrected chi connectivity index (χ3v) is 6.49. The van der Waals surface area contributed by atoms with Crippen molar-refractivity contribution in [2.75, 3.05) is 42.1 Å². The molecule has 2 aromatic heterocycles. The van der Waals surface area contributed by atoms with E-state index in [1.165, 1.54) is 11.1 Å². The fourth-order valence-corrected chi connectivity index (χ4v) is 4.85. The number of nitrogens with two attached hydrogens (primary N) is 1. The molecule has 0 atom stereocenters. The first-order valence-corrected chi connectivity index (χ1v) is 11.2. The van der Waals surface area contributed by atoms with Crippen LogP contribution in [0.1, 0.15) is 11.1 Å². The third kappa shape index (κ3) is 4.30. The van der Waals surface area contributed by atoms with E-state index in [-0.39, 0.29) is 0 Å². The Hall–Kier alpha value is -3.23. The highest BCUT2D eigenvalue weighted by atomic mass is 32.1. The predicted molar refractivity (Wildman–Crippen MR) is 128 cm³/mol. The molecule has 0 radical (unpaired) electrons. The second-order valence-corrected chi connectivity index (χ2v) is 8.85. The number of anilines is 4. The molecule has 5 rings (SSSR count). The molecule has 158 valence electrons. The van der Waals surface area contributed by atoms with Crippen molar-refractivity contribution >= 4 is 44.0 Å². The average Bonchev–Trinajstić information content (AvgIpc) is 3.18. The normalized spacial score (nSPS) is 14.8. The van der Waals surface area contributed by atoms with Crippen LogP contribution in [0.2, 0.25) is 0 Å². The Morgan fingerprint density at radius 1 is 1.03 bits per heavy atom. The van der Waals surface area contributed by atoms with Gasteiger partial charge in [0, 0.05) is 32.7 Å². The van der Waals surface area contributed by atoms with Gasteiger partial charge in [-0.05, 0) is 30.2 Å². The van der Waals surface area contributed by atoms with Gasteiger partial charge in [-0.2, -0.15) is 0 Å². The molecular formula is C23H25N7S. The molecule has 1 fully saturated rings. The van der Waals surface area contributed by atoms with Crippen LogP contribution >= 0.6 is 11.3 Å². The Morgan fingerprint density at radius 3 is 2.65 bits per heavy atom. The van der Waals surface area contributed by atoms with Crippen molar-refractivity contribution < 1.29 is 0 Å². The van der Waals surface area contributed by atoms with Crippen LogP contribution in [0.25, 0.3) is 10.2 Å². The zero-order valence-corrected chi connectivity index (χ0v) is 18.3. The van der Waals surface area contributed by atoms with Gasteiger partial charge in [0.05, 0.1) is 10.2 Å². The number of benzene rings is 2. The standard InChI is InChI=1S/C23H25N7S/c1-16-7-8-18-19(13-16)31-23(27-18)28-21-20(24)22(26-15-25-21)30-11-9-29(10-12-30)14-17-5-3-2-4-6-17/h2-8,13,15H,9-12,14,24H2,1H3,(H,25,26,27,28). The lowest BCUT2D eigenvalue weighted by atomic mass is 10.2. The van der Waals surface area contributed by atoms with Crippen LogP contribution in [0, 0.1) is 6.92 Å². The molecule has 3 N–H and O–H groups in total. The van der Waals surface area contributed by atoms with Gasteiger partial charge >= 0.3 is 0 Å². The van der Waals surface area contributed by atoms with Crippen LogP contribution in [-0.4, -0.2) is 46.0 Å². The molecule has 2 aromatic carbocycles. The summed E-state index contributed by atoms with van der Waals surface area (Å²) in [4.78, 5) is 18.2. The van der Waals surface area contributed by atoms with E-state index in [0.29, 0.717) is 11.5 Å². The van der Waals surface area contributed by atoms with Crippen LogP contribution in [0.3, 0.4) is 0 Å². The van der Waals surface area contributed by atoms with E-state index in [1.54, 1.807) is 17.7 Å². The second-order valence-electron chi connectivity index (χ2n) is 7.82. The van der Waals surface area contributed by atoms with E-state index in [2.05, 4.69) is 79.5 Å². The lowest BCUT2D eigenvalue weighted by molar-refractivity contribution is 0.249. The number of piperazine rings is 1. The van der Waals surface area contributed by atoms with Gasteiger partial charge in [0.2, 0.25) is 0 Å². The van der Waals surface area contributed by atoms with Gasteiger partial charge in [0.15, 0.2) is 16.8 Å². The number of nitrogens with one attached hydrogen (secondary N) is 1. The Bertz CT molecular complexity index is 1180. The Kier molecular flexibility index (Phi) is 5.40. The number of thiazole rings is 1. The predicted octanol–water partition coefficient (Wildman–Crippen LogP) is 4.04. The van der Waals surface area contributed by atoms with E-state index < -0.39 is 0 Å². The molecule has 0 bridgehead atoms. The van der Waals surface area contributed by atoms with Crippen molar-refractivity contribution in [2.45, 2.75) is 13.5 Å². The smallest absolute Gasteiger partial charge is 0.189 e. The maximum absolute atomic E-state index is 6.47. The van der Waals surface area contributed by atoms with Gasteiger partial charge in [-0.1, -0.05) is 47.7 Å². The molecule has 8 heteroatoms. The van der Waals surface area contributed by atoms with Crippen LogP contribution in [0.15, 0.2) is 54.9 Å². The van der Waals surface area contributed by atoms with E-state index in [0.717, 1.165) is 53.9 Å². The number of rotatable bonds is 5. The Labute approximate surface area is 185 Å². The highest BCUT2D eigenvalue weighted by Crippen LogP contribution is 2.33. The van der Waals surface area contributed by atoms with Crippen molar-refractivity contribution in [3.8, 4) is 0 Å². The molecule has 7 nitrogen and oxygen atoms in total. The van der Waals surface area contributed by atoms with Crippen molar-refractivity contribution in [1.29, 1.82) is 0 Å². The van der Waals surface area contributed by atoms with E-state index in [1.807, 2.05) is 6.07 Å². The van der Waals surface area contributed by atoms with E-state index in [9.17, 15) is 0 Å². The van der Waals surface area contributed by atoms with Gasteiger partial charge in [0.1, 0.15) is 12.0 Å². The van der Waals surface area contributed by atoms with Gasteiger partial charge in [-0.25, -0.2) is 15.0 Å². The molecule has 0 spiro atoms. The van der Waals surface area contributed by atoms with Crippen molar-refractivity contribution in [2.24, 2.45) is 0 Å². The first-order valence-electron chi connectivity index (χ1n) is 10.4. The molecular weight excluding hydrogens is 406 g/mol. The van der Waals surface area contributed by atoms with E-state index >= 15 is 0 Å². The minimum absolute atomic E-state index is 0.564. The lowest BCUT2D eigenvalue weighted by Gasteiger charge is -2.35.